The molecule has 15 heavy (non-hydrogen) atoms. The smallest absolute Gasteiger partial charge is 0.136 e. The van der Waals surface area contributed by atoms with E-state index in [0.717, 1.165) is 11.3 Å². The van der Waals surface area contributed by atoms with Crippen molar-refractivity contribution in [2.75, 3.05) is 38.8 Å². The van der Waals surface area contributed by atoms with E-state index in [1.54, 1.807) is 18.1 Å². The molecule has 0 aliphatic heterocycles. The summed E-state index contributed by atoms with van der Waals surface area (Å²) in [6.45, 7) is 0. The van der Waals surface area contributed by atoms with Crippen LogP contribution in [0.1, 0.15) is 5.56 Å². The third-order valence-electron chi connectivity index (χ3n) is 2.12. The Morgan fingerprint density at radius 1 is 1.33 bits per heavy atom. The summed E-state index contributed by atoms with van der Waals surface area (Å²) in [5.74, 6) is 1.15. The molecule has 0 unspecified atom stereocenters. The molecular weight excluding hydrogens is 190 g/mol. The summed E-state index contributed by atoms with van der Waals surface area (Å²) in [5.41, 5.74) is 1.69. The van der Waals surface area contributed by atoms with Crippen LogP contribution in [-0.4, -0.2) is 43.9 Å². The molecule has 82 valence electrons. The van der Waals surface area contributed by atoms with Crippen LogP contribution in [0.5, 0.6) is 0 Å². The summed E-state index contributed by atoms with van der Waals surface area (Å²) in [4.78, 5) is 5.98. The van der Waals surface area contributed by atoms with Gasteiger partial charge in [-0.3, -0.25) is 5.41 Å². The fourth-order valence-corrected chi connectivity index (χ4v) is 1.22. The fourth-order valence-electron chi connectivity index (χ4n) is 1.22. The number of rotatable bonds is 3. The van der Waals surface area contributed by atoms with Crippen molar-refractivity contribution in [1.29, 1.82) is 5.41 Å². The van der Waals surface area contributed by atoms with E-state index >= 15 is 0 Å². The second kappa shape index (κ2) is 4.63. The predicted molar refractivity (Wildman–Crippen MR) is 63.8 cm³/mol. The highest BCUT2D eigenvalue weighted by Gasteiger charge is 2.10. The van der Waals surface area contributed by atoms with Gasteiger partial charge in [-0.05, 0) is 6.07 Å². The molecular formula is C10H17N5. The van der Waals surface area contributed by atoms with Gasteiger partial charge in [0.15, 0.2) is 0 Å². The molecule has 1 rings (SSSR count). The largest absolute Gasteiger partial charge is 0.387 e. The molecule has 0 radical (unpaired) electrons. The first kappa shape index (κ1) is 11.3. The van der Waals surface area contributed by atoms with Gasteiger partial charge in [0.25, 0.3) is 0 Å². The lowest BCUT2D eigenvalue weighted by Gasteiger charge is -2.17. The molecule has 0 saturated heterocycles. The van der Waals surface area contributed by atoms with E-state index in [-0.39, 0.29) is 0 Å². The van der Waals surface area contributed by atoms with Crippen molar-refractivity contribution < 1.29 is 0 Å². The monoisotopic (exact) mass is 207 g/mol. The summed E-state index contributed by atoms with van der Waals surface area (Å²) in [6, 6.07) is 1.90. The highest BCUT2D eigenvalue weighted by Crippen LogP contribution is 2.17. The van der Waals surface area contributed by atoms with Crippen molar-refractivity contribution in [3.05, 3.63) is 17.8 Å². The Hall–Kier alpha value is -1.78. The van der Waals surface area contributed by atoms with Crippen LogP contribution in [0.25, 0.3) is 0 Å². The average molecular weight is 207 g/mol. The second-order valence-electron chi connectivity index (χ2n) is 3.36. The van der Waals surface area contributed by atoms with E-state index in [4.69, 9.17) is 5.41 Å². The Balaban J connectivity index is 3.17. The first-order chi connectivity index (χ1) is 7.10. The van der Waals surface area contributed by atoms with Gasteiger partial charge >= 0.3 is 0 Å². The number of anilines is 2. The maximum Gasteiger partial charge on any atom is 0.136 e. The van der Waals surface area contributed by atoms with E-state index in [1.807, 2.05) is 27.2 Å². The number of hydrogen-bond acceptors (Lipinski definition) is 4. The first-order valence-corrected chi connectivity index (χ1v) is 4.72. The molecule has 0 aliphatic carbocycles. The normalized spacial score (nSPS) is 9.60. The topological polar surface area (TPSA) is 64.0 Å². The van der Waals surface area contributed by atoms with E-state index in [1.165, 1.54) is 0 Å². The zero-order valence-corrected chi connectivity index (χ0v) is 9.55. The minimum atomic E-state index is 0.434. The Kier molecular flexibility index (Phi) is 3.49. The zero-order valence-electron chi connectivity index (χ0n) is 9.55. The lowest BCUT2D eigenvalue weighted by Crippen LogP contribution is -2.23. The molecule has 0 atom stereocenters. The molecule has 1 aromatic heterocycles. The summed E-state index contributed by atoms with van der Waals surface area (Å²) in [6.07, 6.45) is 1.73. The van der Waals surface area contributed by atoms with Gasteiger partial charge in [-0.2, -0.15) is 0 Å². The van der Waals surface area contributed by atoms with E-state index in [9.17, 15) is 0 Å². The third kappa shape index (κ3) is 2.37. The van der Waals surface area contributed by atoms with Crippen molar-refractivity contribution in [3.63, 3.8) is 0 Å². The molecule has 1 heterocycles. The minimum absolute atomic E-state index is 0.434. The SMILES string of the molecule is CNc1cnc(NC)c(C(=N)N(C)C)c1. The van der Waals surface area contributed by atoms with Crippen LogP contribution in [0.2, 0.25) is 0 Å². The average Bonchev–Trinajstić information content (AvgIpc) is 2.27. The third-order valence-corrected chi connectivity index (χ3v) is 2.12. The molecule has 1 aromatic rings. The second-order valence-corrected chi connectivity index (χ2v) is 3.36. The van der Waals surface area contributed by atoms with Gasteiger partial charge in [0.05, 0.1) is 17.4 Å². The van der Waals surface area contributed by atoms with Crippen molar-refractivity contribution in [3.8, 4) is 0 Å². The number of hydrogen-bond donors (Lipinski definition) is 3. The maximum atomic E-state index is 7.92. The molecule has 0 bridgehead atoms. The number of nitrogens with zero attached hydrogens (tertiary/aromatic N) is 2. The van der Waals surface area contributed by atoms with Gasteiger partial charge in [-0.25, -0.2) is 4.98 Å². The van der Waals surface area contributed by atoms with Gasteiger partial charge in [0, 0.05) is 28.2 Å². The van der Waals surface area contributed by atoms with Crippen LogP contribution < -0.4 is 10.6 Å². The van der Waals surface area contributed by atoms with Crippen LogP contribution in [0, 0.1) is 5.41 Å². The Bertz CT molecular complexity index is 359. The fraction of sp³-hybridized carbons (Fsp3) is 0.400. The van der Waals surface area contributed by atoms with Crippen LogP contribution in [0.4, 0.5) is 11.5 Å². The van der Waals surface area contributed by atoms with E-state index in [0.29, 0.717) is 11.7 Å². The number of nitrogens with one attached hydrogen (secondary N) is 3. The van der Waals surface area contributed by atoms with Crippen LogP contribution in [0.15, 0.2) is 12.3 Å². The van der Waals surface area contributed by atoms with Crippen LogP contribution >= 0.6 is 0 Å². The highest BCUT2D eigenvalue weighted by molar-refractivity contribution is 6.01. The molecule has 3 N–H and O–H groups in total. The highest BCUT2D eigenvalue weighted by atomic mass is 15.1. The standard InChI is InChI=1S/C10H17N5/c1-12-7-5-8(9(11)15(3)4)10(13-2)14-6-7/h5-6,11-12H,1-4H3,(H,13,14). The van der Waals surface area contributed by atoms with Crippen LogP contribution in [0.3, 0.4) is 0 Å². The molecule has 0 amide bonds. The number of aromatic nitrogens is 1. The summed E-state index contributed by atoms with van der Waals surface area (Å²) in [7, 11) is 7.31. The summed E-state index contributed by atoms with van der Waals surface area (Å²) >= 11 is 0. The molecule has 0 fully saturated rings. The van der Waals surface area contributed by atoms with Crippen LogP contribution in [-0.2, 0) is 0 Å². The first-order valence-electron chi connectivity index (χ1n) is 4.72. The molecule has 5 nitrogen and oxygen atoms in total. The molecule has 0 aliphatic rings. The molecule has 0 aromatic carbocycles. The lowest BCUT2D eigenvalue weighted by atomic mass is 10.2. The van der Waals surface area contributed by atoms with Gasteiger partial charge in [-0.15, -0.1) is 0 Å². The van der Waals surface area contributed by atoms with Crippen molar-refractivity contribution in [2.24, 2.45) is 0 Å². The lowest BCUT2D eigenvalue weighted by molar-refractivity contribution is 0.619. The molecule has 0 spiro atoms. The Labute approximate surface area is 90.0 Å². The van der Waals surface area contributed by atoms with Crippen molar-refractivity contribution >= 4 is 17.3 Å². The maximum absolute atomic E-state index is 7.92. The van der Waals surface area contributed by atoms with Crippen molar-refractivity contribution in [1.82, 2.24) is 9.88 Å². The predicted octanol–water partition coefficient (Wildman–Crippen LogP) is 1.05. The summed E-state index contributed by atoms with van der Waals surface area (Å²) < 4.78 is 0. The van der Waals surface area contributed by atoms with Gasteiger partial charge < -0.3 is 15.5 Å². The van der Waals surface area contributed by atoms with E-state index < -0.39 is 0 Å². The van der Waals surface area contributed by atoms with Gasteiger partial charge in [-0.1, -0.05) is 0 Å². The van der Waals surface area contributed by atoms with Gasteiger partial charge in [0.1, 0.15) is 11.7 Å². The Morgan fingerprint density at radius 3 is 2.47 bits per heavy atom. The molecule has 0 saturated carbocycles. The number of amidine groups is 1. The van der Waals surface area contributed by atoms with E-state index in [2.05, 4.69) is 15.6 Å². The zero-order chi connectivity index (χ0) is 11.4. The van der Waals surface area contributed by atoms with Gasteiger partial charge in [0.2, 0.25) is 0 Å². The minimum Gasteiger partial charge on any atom is -0.387 e. The Morgan fingerprint density at radius 2 is 2.00 bits per heavy atom. The van der Waals surface area contributed by atoms with Crippen molar-refractivity contribution in [2.45, 2.75) is 0 Å². The quantitative estimate of drug-likeness (QED) is 0.512. The molecule has 5 heteroatoms. The summed E-state index contributed by atoms with van der Waals surface area (Å²) in [5, 5.41) is 13.9. The number of pyridine rings is 1.